The summed E-state index contributed by atoms with van der Waals surface area (Å²) in [5.41, 5.74) is 4.29. The highest BCUT2D eigenvalue weighted by molar-refractivity contribution is 7.98. The van der Waals surface area contributed by atoms with Gasteiger partial charge >= 0.3 is 0 Å². The van der Waals surface area contributed by atoms with E-state index in [1.165, 1.54) is 11.8 Å². The predicted molar refractivity (Wildman–Crippen MR) is 121 cm³/mol. The molecule has 154 valence electrons. The van der Waals surface area contributed by atoms with E-state index in [0.29, 0.717) is 27.5 Å². The second-order valence-electron chi connectivity index (χ2n) is 6.94. The van der Waals surface area contributed by atoms with Crippen molar-refractivity contribution < 1.29 is 9.84 Å². The van der Waals surface area contributed by atoms with E-state index in [9.17, 15) is 5.11 Å². The summed E-state index contributed by atoms with van der Waals surface area (Å²) in [7, 11) is 0. The molecule has 0 radical (unpaired) electrons. The summed E-state index contributed by atoms with van der Waals surface area (Å²) in [4.78, 5) is 4.65. The maximum absolute atomic E-state index is 9.63. The Balaban J connectivity index is 1.47. The number of ether oxygens (including phenoxy) is 1. The number of phenolic OH excluding ortho intramolecular Hbond substituents is 1. The predicted octanol–water partition coefficient (Wildman–Crippen LogP) is 5.69. The molecule has 2 heterocycles. The number of para-hydroxylation sites is 1. The Morgan fingerprint density at radius 1 is 0.968 bits per heavy atom. The second kappa shape index (κ2) is 8.45. The average Bonchev–Trinajstić information content (AvgIpc) is 2.96. The largest absolute Gasteiger partial charge is 0.508 e. The number of aromatic nitrogens is 3. The molecule has 2 N–H and O–H groups in total. The monoisotopic (exact) mass is 448 g/mol. The van der Waals surface area contributed by atoms with Crippen LogP contribution >= 0.6 is 23.4 Å². The number of benzene rings is 3. The van der Waals surface area contributed by atoms with Gasteiger partial charge in [-0.25, -0.2) is 0 Å². The molecule has 1 aromatic heterocycles. The number of phenols is 1. The summed E-state index contributed by atoms with van der Waals surface area (Å²) < 4.78 is 6.24. The molecular weight excluding hydrogens is 432 g/mol. The molecule has 0 spiro atoms. The van der Waals surface area contributed by atoms with Crippen LogP contribution in [0.2, 0.25) is 5.02 Å². The molecule has 3 aromatic carbocycles. The summed E-state index contributed by atoms with van der Waals surface area (Å²) in [5, 5.41) is 23.0. The Labute approximate surface area is 188 Å². The third kappa shape index (κ3) is 4.28. The fourth-order valence-electron chi connectivity index (χ4n) is 3.24. The fraction of sp³-hybridized carbons (Fsp3) is 0.0870. The third-order valence-corrected chi connectivity index (χ3v) is 5.97. The van der Waals surface area contributed by atoms with Crippen LogP contribution in [0, 0.1) is 0 Å². The van der Waals surface area contributed by atoms with Crippen LogP contribution in [-0.2, 0) is 5.75 Å². The minimum atomic E-state index is -0.492. The maximum Gasteiger partial charge on any atom is 0.247 e. The van der Waals surface area contributed by atoms with Crippen molar-refractivity contribution in [3.63, 3.8) is 0 Å². The zero-order valence-corrected chi connectivity index (χ0v) is 17.8. The van der Waals surface area contributed by atoms with Crippen LogP contribution in [-0.4, -0.2) is 20.3 Å². The lowest BCUT2D eigenvalue weighted by molar-refractivity contribution is 0.225. The highest BCUT2D eigenvalue weighted by Gasteiger charge is 2.26. The van der Waals surface area contributed by atoms with Crippen LogP contribution in [0.25, 0.3) is 11.3 Å². The first-order valence-corrected chi connectivity index (χ1v) is 11.0. The van der Waals surface area contributed by atoms with E-state index in [2.05, 4.69) is 20.5 Å². The molecule has 0 aliphatic carbocycles. The van der Waals surface area contributed by atoms with E-state index in [0.717, 1.165) is 22.4 Å². The Bertz CT molecular complexity index is 1220. The van der Waals surface area contributed by atoms with Crippen LogP contribution in [0.3, 0.4) is 0 Å². The summed E-state index contributed by atoms with van der Waals surface area (Å²) in [5.74, 6) is 1.29. The van der Waals surface area contributed by atoms with Crippen LogP contribution in [0.4, 0.5) is 5.69 Å². The lowest BCUT2D eigenvalue weighted by atomic mass is 10.1. The third-order valence-electron chi connectivity index (χ3n) is 4.81. The van der Waals surface area contributed by atoms with Gasteiger partial charge in [-0.2, -0.15) is 4.98 Å². The molecule has 6 nitrogen and oxygen atoms in total. The summed E-state index contributed by atoms with van der Waals surface area (Å²) in [6.07, 6.45) is -0.492. The fourth-order valence-corrected chi connectivity index (χ4v) is 4.10. The lowest BCUT2D eigenvalue weighted by Gasteiger charge is -2.19. The first-order valence-electron chi connectivity index (χ1n) is 9.59. The highest BCUT2D eigenvalue weighted by atomic mass is 35.5. The number of anilines is 1. The first kappa shape index (κ1) is 19.7. The number of aromatic hydroxyl groups is 1. The molecule has 0 fully saturated rings. The molecule has 5 rings (SSSR count). The second-order valence-corrected chi connectivity index (χ2v) is 8.32. The van der Waals surface area contributed by atoms with E-state index in [1.54, 1.807) is 12.1 Å². The summed E-state index contributed by atoms with van der Waals surface area (Å²) >= 11 is 7.44. The van der Waals surface area contributed by atoms with E-state index in [-0.39, 0.29) is 5.75 Å². The minimum absolute atomic E-state index is 0.197. The molecule has 0 amide bonds. The summed E-state index contributed by atoms with van der Waals surface area (Å²) in [6, 6.07) is 22.4. The number of fused-ring (bicyclic) bond motifs is 3. The Morgan fingerprint density at radius 3 is 2.55 bits per heavy atom. The smallest absolute Gasteiger partial charge is 0.247 e. The first-order chi connectivity index (χ1) is 15.2. The van der Waals surface area contributed by atoms with Crippen molar-refractivity contribution in [1.29, 1.82) is 0 Å². The quantitative estimate of drug-likeness (QED) is 0.388. The number of hydrogen-bond acceptors (Lipinski definition) is 7. The van der Waals surface area contributed by atoms with E-state index in [1.807, 2.05) is 60.7 Å². The van der Waals surface area contributed by atoms with Gasteiger partial charge in [0.2, 0.25) is 11.0 Å². The van der Waals surface area contributed by atoms with Crippen molar-refractivity contribution in [2.45, 2.75) is 17.1 Å². The number of halogens is 1. The molecule has 1 aliphatic rings. The van der Waals surface area contributed by atoms with Gasteiger partial charge in [0.05, 0.1) is 0 Å². The normalized spacial score (nSPS) is 14.5. The Hall–Kier alpha value is -3.29. The van der Waals surface area contributed by atoms with Crippen molar-refractivity contribution in [2.75, 3.05) is 5.32 Å². The lowest BCUT2D eigenvalue weighted by Crippen LogP contribution is -2.17. The van der Waals surface area contributed by atoms with Gasteiger partial charge in [0.15, 0.2) is 11.9 Å². The molecular formula is C23H17ClN4O2S. The molecule has 1 atom stereocenters. The minimum Gasteiger partial charge on any atom is -0.508 e. The van der Waals surface area contributed by atoms with Crippen LogP contribution < -0.4 is 10.1 Å². The molecule has 4 aromatic rings. The molecule has 1 aliphatic heterocycles. The van der Waals surface area contributed by atoms with E-state index in [4.69, 9.17) is 16.3 Å². The number of thioether (sulfide) groups is 1. The molecule has 1 unspecified atom stereocenters. The van der Waals surface area contributed by atoms with Gasteiger partial charge in [-0.15, -0.1) is 10.2 Å². The van der Waals surface area contributed by atoms with E-state index >= 15 is 0 Å². The van der Waals surface area contributed by atoms with Gasteiger partial charge in [-0.05, 0) is 48.0 Å². The number of nitrogens with one attached hydrogen (secondary N) is 1. The zero-order chi connectivity index (χ0) is 21.2. The number of nitrogens with zero attached hydrogens (tertiary/aromatic N) is 3. The van der Waals surface area contributed by atoms with Crippen LogP contribution in [0.1, 0.15) is 17.4 Å². The van der Waals surface area contributed by atoms with Crippen molar-refractivity contribution in [3.8, 4) is 22.9 Å². The van der Waals surface area contributed by atoms with Gasteiger partial charge in [-0.3, -0.25) is 0 Å². The van der Waals surface area contributed by atoms with Gasteiger partial charge in [0.1, 0.15) is 5.75 Å². The topological polar surface area (TPSA) is 80.2 Å². The molecule has 0 saturated carbocycles. The standard InChI is InChI=1S/C23H17ClN4O2S/c24-16-9-5-14(6-10-16)13-31-23-26-22-20(27-28-23)18-3-1-2-4-19(18)25-21(30-22)15-7-11-17(29)12-8-15/h1-12,21,25,29H,13H2. The zero-order valence-electron chi connectivity index (χ0n) is 16.2. The average molecular weight is 449 g/mol. The molecule has 0 saturated heterocycles. The van der Waals surface area contributed by atoms with Gasteiger partial charge < -0.3 is 15.2 Å². The van der Waals surface area contributed by atoms with Crippen LogP contribution in [0.15, 0.2) is 78.0 Å². The van der Waals surface area contributed by atoms with Crippen LogP contribution in [0.5, 0.6) is 11.6 Å². The van der Waals surface area contributed by atoms with E-state index < -0.39 is 6.23 Å². The summed E-state index contributed by atoms with van der Waals surface area (Å²) in [6.45, 7) is 0. The van der Waals surface area contributed by atoms with Gasteiger partial charge in [0, 0.05) is 27.6 Å². The highest BCUT2D eigenvalue weighted by Crippen LogP contribution is 2.39. The molecule has 8 heteroatoms. The molecule has 31 heavy (non-hydrogen) atoms. The maximum atomic E-state index is 9.63. The van der Waals surface area contributed by atoms with Crippen molar-refractivity contribution in [2.24, 2.45) is 0 Å². The Kier molecular flexibility index (Phi) is 5.36. The van der Waals surface area contributed by atoms with Gasteiger partial charge in [0.25, 0.3) is 0 Å². The van der Waals surface area contributed by atoms with Crippen molar-refractivity contribution in [1.82, 2.24) is 15.2 Å². The van der Waals surface area contributed by atoms with Crippen molar-refractivity contribution in [3.05, 3.63) is 88.9 Å². The Morgan fingerprint density at radius 2 is 1.74 bits per heavy atom. The number of hydrogen-bond donors (Lipinski definition) is 2. The van der Waals surface area contributed by atoms with Crippen molar-refractivity contribution >= 4 is 29.1 Å². The van der Waals surface area contributed by atoms with Gasteiger partial charge in [-0.1, -0.05) is 53.7 Å². The SMILES string of the molecule is Oc1ccc(C2Nc3ccccc3-c3nnc(SCc4ccc(Cl)cc4)nc3O2)cc1. The number of rotatable bonds is 4. The molecule has 0 bridgehead atoms.